The Morgan fingerprint density at radius 3 is 2.18 bits per heavy atom. The van der Waals surface area contributed by atoms with Crippen molar-refractivity contribution >= 4 is 5.78 Å². The van der Waals surface area contributed by atoms with Gasteiger partial charge in [0.05, 0.1) is 5.69 Å². The number of carbonyl (C=O) groups is 1. The highest BCUT2D eigenvalue weighted by molar-refractivity contribution is 5.94. The first-order valence-electron chi connectivity index (χ1n) is 7.16. The van der Waals surface area contributed by atoms with Gasteiger partial charge in [0.25, 0.3) is 0 Å². The van der Waals surface area contributed by atoms with E-state index in [9.17, 15) is 4.79 Å². The lowest BCUT2D eigenvalue weighted by Gasteiger charge is -2.07. The van der Waals surface area contributed by atoms with E-state index >= 15 is 0 Å². The topological polar surface area (TPSA) is 42.9 Å². The number of hydrogen-bond donors (Lipinski definition) is 0. The van der Waals surface area contributed by atoms with E-state index in [2.05, 4.69) is 9.97 Å². The summed E-state index contributed by atoms with van der Waals surface area (Å²) in [5, 5.41) is 0. The number of nitrogens with zero attached hydrogens (tertiary/aromatic N) is 2. The van der Waals surface area contributed by atoms with Crippen LogP contribution in [0.3, 0.4) is 0 Å². The minimum atomic E-state index is 0.0652. The van der Waals surface area contributed by atoms with Gasteiger partial charge in [-0.25, -0.2) is 9.97 Å². The molecule has 3 aromatic rings. The first-order valence-corrected chi connectivity index (χ1v) is 7.16. The van der Waals surface area contributed by atoms with Gasteiger partial charge in [-0.15, -0.1) is 0 Å². The Morgan fingerprint density at radius 1 is 0.864 bits per heavy atom. The molecule has 0 aliphatic heterocycles. The number of ketones is 1. The summed E-state index contributed by atoms with van der Waals surface area (Å²) in [6.07, 6.45) is 0. The highest BCUT2D eigenvalue weighted by Gasteiger charge is 2.07. The lowest BCUT2D eigenvalue weighted by atomic mass is 10.1. The number of rotatable bonds is 3. The highest BCUT2D eigenvalue weighted by atomic mass is 16.1. The molecule has 0 aliphatic rings. The van der Waals surface area contributed by atoms with Crippen LogP contribution in [0.2, 0.25) is 0 Å². The SMILES string of the molecule is CC(=O)c1ccc(-c2cc(C)nc(-c3ccccc3)n2)cc1. The van der Waals surface area contributed by atoms with E-state index in [4.69, 9.17) is 0 Å². The van der Waals surface area contributed by atoms with Gasteiger partial charge in [-0.05, 0) is 19.9 Å². The predicted molar refractivity (Wildman–Crippen MR) is 87.6 cm³/mol. The van der Waals surface area contributed by atoms with Crippen molar-refractivity contribution in [3.05, 3.63) is 71.9 Å². The molecular weight excluding hydrogens is 272 g/mol. The molecule has 0 saturated heterocycles. The number of aryl methyl sites for hydroxylation is 1. The zero-order chi connectivity index (χ0) is 15.5. The molecule has 2 aromatic carbocycles. The van der Waals surface area contributed by atoms with Crippen molar-refractivity contribution in [2.75, 3.05) is 0 Å². The maximum absolute atomic E-state index is 11.4. The molecule has 0 aliphatic carbocycles. The van der Waals surface area contributed by atoms with E-state index < -0.39 is 0 Å². The monoisotopic (exact) mass is 288 g/mol. The fourth-order valence-corrected chi connectivity index (χ4v) is 2.31. The average molecular weight is 288 g/mol. The van der Waals surface area contributed by atoms with Crippen molar-refractivity contribution in [1.29, 1.82) is 0 Å². The third-order valence-corrected chi connectivity index (χ3v) is 3.47. The molecule has 3 heteroatoms. The smallest absolute Gasteiger partial charge is 0.160 e. The van der Waals surface area contributed by atoms with Gasteiger partial charge in [0.15, 0.2) is 11.6 Å². The van der Waals surface area contributed by atoms with Gasteiger partial charge in [0, 0.05) is 22.4 Å². The molecular formula is C19H16N2O. The summed E-state index contributed by atoms with van der Waals surface area (Å²) in [7, 11) is 0. The quantitative estimate of drug-likeness (QED) is 0.674. The van der Waals surface area contributed by atoms with Crippen LogP contribution in [0, 0.1) is 6.92 Å². The maximum atomic E-state index is 11.4. The lowest BCUT2D eigenvalue weighted by Crippen LogP contribution is -1.96. The molecule has 1 heterocycles. The van der Waals surface area contributed by atoms with Crippen molar-refractivity contribution in [3.8, 4) is 22.6 Å². The molecule has 0 saturated carbocycles. The molecule has 0 fully saturated rings. The van der Waals surface area contributed by atoms with Gasteiger partial charge in [0.2, 0.25) is 0 Å². The van der Waals surface area contributed by atoms with E-state index in [0.717, 1.165) is 22.5 Å². The van der Waals surface area contributed by atoms with Crippen molar-refractivity contribution in [1.82, 2.24) is 9.97 Å². The fourth-order valence-electron chi connectivity index (χ4n) is 2.31. The van der Waals surface area contributed by atoms with Crippen LogP contribution in [0.4, 0.5) is 0 Å². The summed E-state index contributed by atoms with van der Waals surface area (Å²) < 4.78 is 0. The summed E-state index contributed by atoms with van der Waals surface area (Å²) in [6, 6.07) is 19.4. The second-order valence-corrected chi connectivity index (χ2v) is 5.22. The van der Waals surface area contributed by atoms with Crippen LogP contribution in [-0.4, -0.2) is 15.8 Å². The maximum Gasteiger partial charge on any atom is 0.160 e. The van der Waals surface area contributed by atoms with E-state index in [1.807, 2.05) is 67.6 Å². The molecule has 0 amide bonds. The van der Waals surface area contributed by atoms with Crippen molar-refractivity contribution in [3.63, 3.8) is 0 Å². The van der Waals surface area contributed by atoms with Crippen LogP contribution in [0.25, 0.3) is 22.6 Å². The van der Waals surface area contributed by atoms with Crippen LogP contribution in [0.1, 0.15) is 23.0 Å². The Bertz CT molecular complexity index is 809. The van der Waals surface area contributed by atoms with Gasteiger partial charge in [-0.3, -0.25) is 4.79 Å². The fraction of sp³-hybridized carbons (Fsp3) is 0.105. The third kappa shape index (κ3) is 2.93. The first kappa shape index (κ1) is 14.1. The molecule has 108 valence electrons. The standard InChI is InChI=1S/C19H16N2O/c1-13-12-18(16-10-8-15(9-11-16)14(2)22)21-19(20-13)17-6-4-3-5-7-17/h3-12H,1-2H3. The van der Waals surface area contributed by atoms with Gasteiger partial charge in [-0.2, -0.15) is 0 Å². The Balaban J connectivity index is 2.04. The summed E-state index contributed by atoms with van der Waals surface area (Å²) in [5.74, 6) is 0.779. The molecule has 3 nitrogen and oxygen atoms in total. The van der Waals surface area contributed by atoms with Gasteiger partial charge >= 0.3 is 0 Å². The van der Waals surface area contributed by atoms with Crippen molar-refractivity contribution < 1.29 is 4.79 Å². The van der Waals surface area contributed by atoms with Crippen LogP contribution in [0.5, 0.6) is 0 Å². The number of carbonyl (C=O) groups excluding carboxylic acids is 1. The van der Waals surface area contributed by atoms with E-state index in [1.54, 1.807) is 6.92 Å². The zero-order valence-electron chi connectivity index (χ0n) is 12.6. The normalized spacial score (nSPS) is 10.5. The molecule has 1 aromatic heterocycles. The summed E-state index contributed by atoms with van der Waals surface area (Å²) in [4.78, 5) is 20.5. The lowest BCUT2D eigenvalue weighted by molar-refractivity contribution is 0.101. The largest absolute Gasteiger partial charge is 0.295 e. The minimum absolute atomic E-state index is 0.0652. The third-order valence-electron chi connectivity index (χ3n) is 3.47. The van der Waals surface area contributed by atoms with Gasteiger partial charge < -0.3 is 0 Å². The Kier molecular flexibility index (Phi) is 3.79. The number of hydrogen-bond acceptors (Lipinski definition) is 3. The second-order valence-electron chi connectivity index (χ2n) is 5.22. The predicted octanol–water partition coefficient (Wildman–Crippen LogP) is 4.32. The molecule has 0 radical (unpaired) electrons. The Labute approximate surface area is 129 Å². The molecule has 0 bridgehead atoms. The summed E-state index contributed by atoms with van der Waals surface area (Å²) in [5.41, 5.74) is 4.46. The molecule has 0 spiro atoms. The molecule has 3 rings (SSSR count). The Hall–Kier alpha value is -2.81. The van der Waals surface area contributed by atoms with Gasteiger partial charge in [-0.1, -0.05) is 54.6 Å². The molecule has 0 unspecified atom stereocenters. The summed E-state index contributed by atoms with van der Waals surface area (Å²) >= 11 is 0. The van der Waals surface area contributed by atoms with E-state index in [1.165, 1.54) is 0 Å². The van der Waals surface area contributed by atoms with Gasteiger partial charge in [0.1, 0.15) is 0 Å². The summed E-state index contributed by atoms with van der Waals surface area (Å²) in [6.45, 7) is 3.53. The average Bonchev–Trinajstić information content (AvgIpc) is 2.55. The second kappa shape index (κ2) is 5.90. The first-order chi connectivity index (χ1) is 10.6. The van der Waals surface area contributed by atoms with E-state index in [-0.39, 0.29) is 5.78 Å². The minimum Gasteiger partial charge on any atom is -0.295 e. The van der Waals surface area contributed by atoms with Crippen LogP contribution in [-0.2, 0) is 0 Å². The van der Waals surface area contributed by atoms with Crippen LogP contribution in [0.15, 0.2) is 60.7 Å². The number of Topliss-reactive ketones (excluding diaryl/α,β-unsaturated/α-hetero) is 1. The Morgan fingerprint density at radius 2 is 1.55 bits per heavy atom. The zero-order valence-corrected chi connectivity index (χ0v) is 12.6. The van der Waals surface area contributed by atoms with Crippen molar-refractivity contribution in [2.45, 2.75) is 13.8 Å². The number of benzene rings is 2. The number of aromatic nitrogens is 2. The molecule has 0 atom stereocenters. The highest BCUT2D eigenvalue weighted by Crippen LogP contribution is 2.22. The molecule has 22 heavy (non-hydrogen) atoms. The van der Waals surface area contributed by atoms with Crippen molar-refractivity contribution in [2.24, 2.45) is 0 Å². The van der Waals surface area contributed by atoms with Crippen LogP contribution >= 0.6 is 0 Å². The van der Waals surface area contributed by atoms with Crippen LogP contribution < -0.4 is 0 Å². The molecule has 0 N–H and O–H groups in total. The van der Waals surface area contributed by atoms with E-state index in [0.29, 0.717) is 11.4 Å².